The molecular formula is C41H50O9. The zero-order valence-electron chi connectivity index (χ0n) is 29.7. The number of esters is 3. The highest BCUT2D eigenvalue weighted by molar-refractivity contribution is 5.93. The molecule has 3 unspecified atom stereocenters. The van der Waals surface area contributed by atoms with Crippen molar-refractivity contribution in [3.8, 4) is 17.2 Å². The molecule has 1 saturated carbocycles. The van der Waals surface area contributed by atoms with Crippen LogP contribution in [0.4, 0.5) is 0 Å². The first kappa shape index (κ1) is 37.1. The second-order valence-electron chi connectivity index (χ2n) is 14.1. The Kier molecular flexibility index (Phi) is 13.1. The fourth-order valence-electron chi connectivity index (χ4n) is 6.36. The smallest absolute Gasteiger partial charge is 0.343 e. The van der Waals surface area contributed by atoms with Gasteiger partial charge in [0.2, 0.25) is 0 Å². The van der Waals surface area contributed by atoms with E-state index >= 15 is 0 Å². The summed E-state index contributed by atoms with van der Waals surface area (Å²) < 4.78 is 33.9. The Hall–Kier alpha value is -4.21. The second-order valence-corrected chi connectivity index (χ2v) is 14.1. The van der Waals surface area contributed by atoms with Gasteiger partial charge in [0, 0.05) is 12.0 Å². The molecule has 0 amide bonds. The Bertz CT molecular complexity index is 1540. The SMILES string of the molecule is CCC1(COCCCCOc2ccc(C(=O)Oc3ccc(C(=O)Oc4ccc(C(=O)OC5CC(C)CCC5C(C)C)cc4)cc3)cc2)COC1. The van der Waals surface area contributed by atoms with Gasteiger partial charge in [0.05, 0.1) is 43.1 Å². The van der Waals surface area contributed by atoms with Crippen LogP contribution < -0.4 is 14.2 Å². The molecule has 0 radical (unpaired) electrons. The van der Waals surface area contributed by atoms with Gasteiger partial charge < -0.3 is 28.4 Å². The minimum absolute atomic E-state index is 0.0933. The fraction of sp³-hybridized carbons (Fsp3) is 0.488. The standard InChI is InChI=1S/C41H50O9/c1-5-41(26-46-27-41)25-45-22-6-7-23-47-33-15-9-30(10-16-33)38(42)48-34-17-11-31(12-18-34)39(43)49-35-19-13-32(14-20-35)40(44)50-37-24-29(4)8-21-36(37)28(2)3/h9-20,28-29,36-37H,5-8,21-27H2,1-4H3. The van der Waals surface area contributed by atoms with Gasteiger partial charge in [0.15, 0.2) is 0 Å². The fourth-order valence-corrected chi connectivity index (χ4v) is 6.36. The summed E-state index contributed by atoms with van der Waals surface area (Å²) in [5, 5.41) is 0. The molecule has 3 aromatic rings. The number of rotatable bonds is 16. The maximum atomic E-state index is 12.9. The van der Waals surface area contributed by atoms with Crippen molar-refractivity contribution in [2.75, 3.05) is 33.0 Å². The first-order chi connectivity index (χ1) is 24.1. The van der Waals surface area contributed by atoms with Crippen molar-refractivity contribution in [1.82, 2.24) is 0 Å². The Morgan fingerprint density at radius 3 is 1.76 bits per heavy atom. The molecule has 0 bridgehead atoms. The van der Waals surface area contributed by atoms with E-state index in [2.05, 4.69) is 27.7 Å². The second kappa shape index (κ2) is 17.6. The quantitative estimate of drug-likeness (QED) is 0.0835. The van der Waals surface area contributed by atoms with E-state index in [1.165, 1.54) is 24.3 Å². The average molecular weight is 687 g/mol. The van der Waals surface area contributed by atoms with Gasteiger partial charge in [-0.2, -0.15) is 0 Å². The molecule has 9 nitrogen and oxygen atoms in total. The van der Waals surface area contributed by atoms with Crippen molar-refractivity contribution in [3.05, 3.63) is 89.5 Å². The summed E-state index contributed by atoms with van der Waals surface area (Å²) in [6, 6.07) is 19.3. The highest BCUT2D eigenvalue weighted by Gasteiger charge is 2.37. The van der Waals surface area contributed by atoms with Gasteiger partial charge in [0.1, 0.15) is 23.4 Å². The van der Waals surface area contributed by atoms with Crippen molar-refractivity contribution in [1.29, 1.82) is 0 Å². The predicted octanol–water partition coefficient (Wildman–Crippen LogP) is 8.34. The molecule has 0 aromatic heterocycles. The van der Waals surface area contributed by atoms with E-state index in [9.17, 15) is 14.4 Å². The molecule has 0 N–H and O–H groups in total. The molecule has 1 aliphatic heterocycles. The Balaban J connectivity index is 1.02. The number of hydrogen-bond donors (Lipinski definition) is 0. The molecule has 268 valence electrons. The van der Waals surface area contributed by atoms with Crippen LogP contribution in [0.2, 0.25) is 0 Å². The monoisotopic (exact) mass is 686 g/mol. The molecule has 3 aromatic carbocycles. The lowest BCUT2D eigenvalue weighted by atomic mass is 9.75. The van der Waals surface area contributed by atoms with Crippen LogP contribution in [-0.2, 0) is 14.2 Å². The van der Waals surface area contributed by atoms with Gasteiger partial charge in [0.25, 0.3) is 0 Å². The van der Waals surface area contributed by atoms with E-state index in [-0.39, 0.29) is 23.1 Å². The molecule has 2 fully saturated rings. The maximum absolute atomic E-state index is 12.9. The van der Waals surface area contributed by atoms with Crippen molar-refractivity contribution < 1.29 is 42.8 Å². The Morgan fingerprint density at radius 1 is 0.740 bits per heavy atom. The van der Waals surface area contributed by atoms with Gasteiger partial charge in [-0.15, -0.1) is 0 Å². The van der Waals surface area contributed by atoms with Gasteiger partial charge >= 0.3 is 17.9 Å². The third-order valence-electron chi connectivity index (χ3n) is 9.84. The molecule has 9 heteroatoms. The van der Waals surface area contributed by atoms with Crippen LogP contribution in [0, 0.1) is 23.2 Å². The number of carbonyl (C=O) groups excluding carboxylic acids is 3. The van der Waals surface area contributed by atoms with Crippen LogP contribution in [0.1, 0.15) is 97.3 Å². The van der Waals surface area contributed by atoms with Gasteiger partial charge in [-0.3, -0.25) is 0 Å². The highest BCUT2D eigenvalue weighted by Crippen LogP contribution is 2.36. The molecule has 1 saturated heterocycles. The van der Waals surface area contributed by atoms with E-state index in [0.29, 0.717) is 59.3 Å². The van der Waals surface area contributed by atoms with Crippen molar-refractivity contribution >= 4 is 17.9 Å². The number of carbonyl (C=O) groups is 3. The van der Waals surface area contributed by atoms with Crippen LogP contribution in [-0.4, -0.2) is 57.0 Å². The lowest BCUT2D eigenvalue weighted by Crippen LogP contribution is -2.45. The summed E-state index contributed by atoms with van der Waals surface area (Å²) >= 11 is 0. The average Bonchev–Trinajstić information content (AvgIpc) is 3.09. The van der Waals surface area contributed by atoms with Crippen LogP contribution >= 0.6 is 0 Å². The van der Waals surface area contributed by atoms with Crippen molar-refractivity contribution in [2.45, 2.75) is 72.3 Å². The van der Waals surface area contributed by atoms with Crippen LogP contribution in [0.25, 0.3) is 0 Å². The lowest BCUT2D eigenvalue weighted by molar-refractivity contribution is -0.150. The van der Waals surface area contributed by atoms with Crippen LogP contribution in [0.3, 0.4) is 0 Å². The van der Waals surface area contributed by atoms with Gasteiger partial charge in [-0.1, -0.05) is 34.1 Å². The summed E-state index contributed by atoms with van der Waals surface area (Å²) in [6.07, 6.45) is 5.85. The minimum atomic E-state index is -0.578. The van der Waals surface area contributed by atoms with Crippen LogP contribution in [0.5, 0.6) is 17.2 Å². The van der Waals surface area contributed by atoms with Crippen molar-refractivity contribution in [2.24, 2.45) is 23.2 Å². The molecule has 1 heterocycles. The molecule has 2 aliphatic rings. The number of ether oxygens (including phenoxy) is 6. The van der Waals surface area contributed by atoms with E-state index < -0.39 is 11.9 Å². The molecule has 1 aliphatic carbocycles. The largest absolute Gasteiger partial charge is 0.494 e. The first-order valence-electron chi connectivity index (χ1n) is 17.9. The first-order valence-corrected chi connectivity index (χ1v) is 17.9. The van der Waals surface area contributed by atoms with Crippen molar-refractivity contribution in [3.63, 3.8) is 0 Å². The number of hydrogen-bond acceptors (Lipinski definition) is 9. The van der Waals surface area contributed by atoms with Gasteiger partial charge in [-0.05, 0) is 123 Å². The van der Waals surface area contributed by atoms with Gasteiger partial charge in [-0.25, -0.2) is 14.4 Å². The minimum Gasteiger partial charge on any atom is -0.494 e. The topological polar surface area (TPSA) is 107 Å². The lowest BCUT2D eigenvalue weighted by Gasteiger charge is -2.40. The molecule has 5 rings (SSSR count). The third kappa shape index (κ3) is 10.2. The summed E-state index contributed by atoms with van der Waals surface area (Å²) in [6.45, 7) is 12.3. The zero-order chi connectivity index (χ0) is 35.5. The van der Waals surface area contributed by atoms with E-state index in [1.54, 1.807) is 48.5 Å². The zero-order valence-corrected chi connectivity index (χ0v) is 29.7. The number of benzene rings is 3. The predicted molar refractivity (Wildman–Crippen MR) is 189 cm³/mol. The Labute approximate surface area is 295 Å². The number of unbranched alkanes of at least 4 members (excludes halogenated alkanes) is 1. The normalized spacial score (nSPS) is 19.7. The molecule has 3 atom stereocenters. The van der Waals surface area contributed by atoms with E-state index in [4.69, 9.17) is 28.4 Å². The molecular weight excluding hydrogens is 636 g/mol. The maximum Gasteiger partial charge on any atom is 0.343 e. The van der Waals surface area contributed by atoms with E-state index in [0.717, 1.165) is 58.3 Å². The highest BCUT2D eigenvalue weighted by atomic mass is 16.5. The summed E-state index contributed by atoms with van der Waals surface area (Å²) in [5.74, 6) is 1.12. The summed E-state index contributed by atoms with van der Waals surface area (Å²) in [5.41, 5.74) is 1.28. The summed E-state index contributed by atoms with van der Waals surface area (Å²) in [4.78, 5) is 38.4. The van der Waals surface area contributed by atoms with E-state index in [1.807, 2.05) is 0 Å². The van der Waals surface area contributed by atoms with Crippen LogP contribution in [0.15, 0.2) is 72.8 Å². The Morgan fingerprint density at radius 2 is 1.26 bits per heavy atom. The third-order valence-corrected chi connectivity index (χ3v) is 9.84. The molecule has 0 spiro atoms. The summed E-state index contributed by atoms with van der Waals surface area (Å²) in [7, 11) is 0. The molecule has 50 heavy (non-hydrogen) atoms.